The Labute approximate surface area is 218 Å². The highest BCUT2D eigenvalue weighted by atomic mass is 16.6. The standard InChI is InChI=1S/C29H37N3O5/c1-6-36-29(35)30(4)16-25-19(2)15-32(20(3)17-33)28(34)27-26(22-12-8-7-11-21(22)18-37-25)23-13-9-10-14-24(23)31(27)5/h7-14,19-20,25,33H,6,15-18H2,1-5H3/t19-,20+,25-/m1/s1. The Hall–Kier alpha value is -3.36. The van der Waals surface area contributed by atoms with Crippen molar-refractivity contribution in [3.8, 4) is 11.1 Å². The minimum atomic E-state index is -0.413. The molecule has 3 aromatic rings. The fourth-order valence-electron chi connectivity index (χ4n) is 5.10. The minimum absolute atomic E-state index is 0.127. The highest BCUT2D eigenvalue weighted by molar-refractivity contribution is 6.10. The van der Waals surface area contributed by atoms with Crippen molar-refractivity contribution in [3.63, 3.8) is 0 Å². The molecule has 1 aromatic heterocycles. The Balaban J connectivity index is 1.87. The van der Waals surface area contributed by atoms with Crippen molar-refractivity contribution in [2.75, 3.05) is 33.4 Å². The van der Waals surface area contributed by atoms with Gasteiger partial charge in [0.05, 0.1) is 38.5 Å². The number of amides is 2. The van der Waals surface area contributed by atoms with E-state index in [0.717, 1.165) is 27.6 Å². The first kappa shape index (κ1) is 26.7. The number of aliphatic hydroxyl groups excluding tert-OH is 1. The molecular weight excluding hydrogens is 470 g/mol. The van der Waals surface area contributed by atoms with E-state index < -0.39 is 12.1 Å². The topological polar surface area (TPSA) is 84.2 Å². The molecule has 1 aliphatic rings. The number of aliphatic hydroxyl groups is 1. The van der Waals surface area contributed by atoms with E-state index >= 15 is 0 Å². The largest absolute Gasteiger partial charge is 0.450 e. The number of benzene rings is 2. The van der Waals surface area contributed by atoms with Crippen LogP contribution in [0, 0.1) is 5.92 Å². The van der Waals surface area contributed by atoms with Gasteiger partial charge in [-0.25, -0.2) is 4.79 Å². The van der Waals surface area contributed by atoms with Crippen molar-refractivity contribution >= 4 is 22.9 Å². The Kier molecular flexibility index (Phi) is 8.19. The Morgan fingerprint density at radius 1 is 1.22 bits per heavy atom. The second-order valence-corrected chi connectivity index (χ2v) is 9.85. The van der Waals surface area contributed by atoms with Crippen LogP contribution in [0.2, 0.25) is 0 Å². The van der Waals surface area contributed by atoms with Gasteiger partial charge in [0.25, 0.3) is 5.91 Å². The fourth-order valence-corrected chi connectivity index (χ4v) is 5.10. The maximum atomic E-state index is 14.3. The first-order chi connectivity index (χ1) is 17.8. The van der Waals surface area contributed by atoms with Gasteiger partial charge in [0.1, 0.15) is 5.69 Å². The molecule has 2 heterocycles. The molecule has 4 rings (SSSR count). The number of carbonyl (C=O) groups is 2. The summed E-state index contributed by atoms with van der Waals surface area (Å²) in [6, 6.07) is 15.6. The van der Waals surface area contributed by atoms with Gasteiger partial charge in [-0.2, -0.15) is 0 Å². The van der Waals surface area contributed by atoms with Crippen molar-refractivity contribution in [3.05, 3.63) is 59.8 Å². The van der Waals surface area contributed by atoms with Crippen LogP contribution in [0.4, 0.5) is 4.79 Å². The maximum Gasteiger partial charge on any atom is 0.409 e. The molecule has 0 unspecified atom stereocenters. The average Bonchev–Trinajstić information content (AvgIpc) is 3.20. The molecule has 8 nitrogen and oxygen atoms in total. The molecule has 2 amide bonds. The van der Waals surface area contributed by atoms with Gasteiger partial charge < -0.3 is 28.9 Å². The van der Waals surface area contributed by atoms with Gasteiger partial charge >= 0.3 is 6.09 Å². The van der Waals surface area contributed by atoms with Crippen LogP contribution in [0.15, 0.2) is 48.5 Å². The summed E-state index contributed by atoms with van der Waals surface area (Å²) in [4.78, 5) is 29.9. The minimum Gasteiger partial charge on any atom is -0.450 e. The number of nitrogens with zero attached hydrogens (tertiary/aromatic N) is 3. The zero-order chi connectivity index (χ0) is 26.7. The summed E-state index contributed by atoms with van der Waals surface area (Å²) in [6.07, 6.45) is -0.773. The number of ether oxygens (including phenoxy) is 2. The van der Waals surface area contributed by atoms with Crippen LogP contribution in [0.25, 0.3) is 22.0 Å². The number of hydrogen-bond acceptors (Lipinski definition) is 5. The third kappa shape index (κ3) is 5.22. The van der Waals surface area contributed by atoms with Gasteiger partial charge in [-0.05, 0) is 31.0 Å². The van der Waals surface area contributed by atoms with Crippen LogP contribution in [-0.4, -0.2) is 77.0 Å². The van der Waals surface area contributed by atoms with E-state index in [2.05, 4.69) is 0 Å². The zero-order valence-electron chi connectivity index (χ0n) is 22.3. The van der Waals surface area contributed by atoms with Gasteiger partial charge in [-0.3, -0.25) is 4.79 Å². The lowest BCUT2D eigenvalue weighted by atomic mass is 9.96. The number of likely N-dealkylation sites (N-methyl/N-ethyl adjacent to an activating group) is 1. The van der Waals surface area contributed by atoms with E-state index in [1.54, 1.807) is 18.9 Å². The number of hydrogen-bond donors (Lipinski definition) is 1. The molecule has 1 aliphatic heterocycles. The molecule has 0 spiro atoms. The fraction of sp³-hybridized carbons (Fsp3) is 0.448. The van der Waals surface area contributed by atoms with Crippen LogP contribution in [0.3, 0.4) is 0 Å². The molecule has 8 heteroatoms. The number of carbonyl (C=O) groups excluding carboxylic acids is 2. The number of fused-ring (bicyclic) bond motifs is 5. The van der Waals surface area contributed by atoms with E-state index in [9.17, 15) is 14.7 Å². The highest BCUT2D eigenvalue weighted by Gasteiger charge is 2.34. The summed E-state index contributed by atoms with van der Waals surface area (Å²) >= 11 is 0. The monoisotopic (exact) mass is 507 g/mol. The average molecular weight is 508 g/mol. The van der Waals surface area contributed by atoms with Crippen molar-refractivity contribution in [2.24, 2.45) is 13.0 Å². The number of aryl methyl sites for hydroxylation is 1. The van der Waals surface area contributed by atoms with Crippen LogP contribution < -0.4 is 0 Å². The SMILES string of the molecule is CCOC(=O)N(C)C[C@H]1OCc2ccccc2-c2c(n(C)c3ccccc23)C(=O)N([C@@H](C)CO)C[C@H]1C. The Bertz CT molecular complexity index is 1270. The predicted molar refractivity (Wildman–Crippen MR) is 143 cm³/mol. The predicted octanol–water partition coefficient (Wildman–Crippen LogP) is 4.29. The quantitative estimate of drug-likeness (QED) is 0.557. The van der Waals surface area contributed by atoms with Crippen molar-refractivity contribution in [2.45, 2.75) is 39.5 Å². The maximum absolute atomic E-state index is 14.3. The van der Waals surface area contributed by atoms with Gasteiger partial charge in [0.2, 0.25) is 0 Å². The smallest absolute Gasteiger partial charge is 0.409 e. The van der Waals surface area contributed by atoms with E-state index in [4.69, 9.17) is 9.47 Å². The first-order valence-electron chi connectivity index (χ1n) is 12.8. The summed E-state index contributed by atoms with van der Waals surface area (Å²) in [6.45, 7) is 6.76. The summed E-state index contributed by atoms with van der Waals surface area (Å²) < 4.78 is 13.6. The lowest BCUT2D eigenvalue weighted by Gasteiger charge is -2.34. The van der Waals surface area contributed by atoms with Gasteiger partial charge in [-0.1, -0.05) is 49.4 Å². The third-order valence-electron chi connectivity index (χ3n) is 7.26. The number of aromatic nitrogens is 1. The lowest BCUT2D eigenvalue weighted by Crippen LogP contribution is -2.48. The van der Waals surface area contributed by atoms with E-state index in [0.29, 0.717) is 32.0 Å². The number of rotatable bonds is 5. The number of para-hydroxylation sites is 1. The molecule has 2 aromatic carbocycles. The van der Waals surface area contributed by atoms with Crippen molar-refractivity contribution in [1.29, 1.82) is 0 Å². The van der Waals surface area contributed by atoms with Crippen molar-refractivity contribution < 1.29 is 24.2 Å². The molecule has 37 heavy (non-hydrogen) atoms. The lowest BCUT2D eigenvalue weighted by molar-refractivity contribution is -0.0228. The molecule has 1 N–H and O–H groups in total. The molecular formula is C29H37N3O5. The Morgan fingerprint density at radius 3 is 2.65 bits per heavy atom. The summed E-state index contributed by atoms with van der Waals surface area (Å²) in [5, 5.41) is 11.1. The van der Waals surface area contributed by atoms with Crippen LogP contribution in [0.1, 0.15) is 36.8 Å². The molecule has 0 saturated heterocycles. The van der Waals surface area contributed by atoms with Gasteiger partial charge in [-0.15, -0.1) is 0 Å². The van der Waals surface area contributed by atoms with E-state index in [1.165, 1.54) is 4.90 Å². The van der Waals surface area contributed by atoms with E-state index in [-0.39, 0.29) is 24.5 Å². The molecule has 198 valence electrons. The van der Waals surface area contributed by atoms with Gasteiger partial charge in [0.15, 0.2) is 0 Å². The van der Waals surface area contributed by atoms with E-state index in [1.807, 2.05) is 74.0 Å². The molecule has 0 fully saturated rings. The summed E-state index contributed by atoms with van der Waals surface area (Å²) in [5.74, 6) is -0.269. The zero-order valence-corrected chi connectivity index (χ0v) is 22.3. The Morgan fingerprint density at radius 2 is 1.92 bits per heavy atom. The second-order valence-electron chi connectivity index (χ2n) is 9.85. The molecule has 0 bridgehead atoms. The van der Waals surface area contributed by atoms with Crippen LogP contribution in [-0.2, 0) is 23.1 Å². The second kappa shape index (κ2) is 11.4. The summed E-state index contributed by atoms with van der Waals surface area (Å²) in [5.41, 5.74) is 4.32. The highest BCUT2D eigenvalue weighted by Crippen LogP contribution is 2.38. The molecule has 3 atom stereocenters. The first-order valence-corrected chi connectivity index (χ1v) is 12.8. The molecule has 0 aliphatic carbocycles. The van der Waals surface area contributed by atoms with Crippen LogP contribution >= 0.6 is 0 Å². The normalized spacial score (nSPS) is 19.1. The molecule has 0 radical (unpaired) electrons. The molecule has 0 saturated carbocycles. The van der Waals surface area contributed by atoms with Gasteiger partial charge in [0, 0.05) is 43.0 Å². The summed E-state index contributed by atoms with van der Waals surface area (Å²) in [7, 11) is 3.61. The third-order valence-corrected chi connectivity index (χ3v) is 7.26. The van der Waals surface area contributed by atoms with Crippen molar-refractivity contribution in [1.82, 2.24) is 14.4 Å². The van der Waals surface area contributed by atoms with Crippen LogP contribution in [0.5, 0.6) is 0 Å².